The largest absolute Gasteiger partial charge is 0.465 e. The molecule has 2 rings (SSSR count). The van der Waals surface area contributed by atoms with Gasteiger partial charge in [-0.1, -0.05) is 0 Å². The fraction of sp³-hybridized carbons (Fsp3) is 0.857. The van der Waals surface area contributed by atoms with Crippen molar-refractivity contribution in [1.29, 1.82) is 0 Å². The lowest BCUT2D eigenvalue weighted by Crippen LogP contribution is -2.50. The first kappa shape index (κ1) is 14.5. The van der Waals surface area contributed by atoms with Crippen LogP contribution in [0.5, 0.6) is 0 Å². The van der Waals surface area contributed by atoms with Crippen LogP contribution in [0.15, 0.2) is 0 Å². The normalized spacial score (nSPS) is 32.1. The van der Waals surface area contributed by atoms with Crippen LogP contribution in [-0.2, 0) is 23.8 Å². The number of ether oxygens (including phenoxy) is 3. The first-order valence-corrected chi connectivity index (χ1v) is 7.09. The topological polar surface area (TPSA) is 61.8 Å². The maximum atomic E-state index is 12.3. The molecule has 0 aromatic heterocycles. The fourth-order valence-corrected chi connectivity index (χ4v) is 2.79. The average molecular weight is 270 g/mol. The van der Waals surface area contributed by atoms with Crippen molar-refractivity contribution in [2.24, 2.45) is 5.41 Å². The standard InChI is InChI=1S/C14H22O5/c1-2-18-13(16)14(10-17-8-6-12(14)15)9-11-5-3-4-7-19-11/h11H,2-10H2,1H3. The third-order valence-corrected chi connectivity index (χ3v) is 3.87. The lowest BCUT2D eigenvalue weighted by atomic mass is 9.75. The molecule has 2 fully saturated rings. The SMILES string of the molecule is CCOC(=O)C1(CC2CCCCO2)COCCC1=O. The van der Waals surface area contributed by atoms with E-state index in [1.807, 2.05) is 0 Å². The second-order valence-corrected chi connectivity index (χ2v) is 5.22. The Hall–Kier alpha value is -0.940. The van der Waals surface area contributed by atoms with Gasteiger partial charge in [0.25, 0.3) is 0 Å². The molecule has 0 amide bonds. The van der Waals surface area contributed by atoms with Crippen LogP contribution in [0, 0.1) is 5.41 Å². The summed E-state index contributed by atoms with van der Waals surface area (Å²) < 4.78 is 16.2. The number of carbonyl (C=O) groups excluding carboxylic acids is 2. The Kier molecular flexibility index (Phi) is 4.93. The van der Waals surface area contributed by atoms with Gasteiger partial charge in [0.2, 0.25) is 0 Å². The van der Waals surface area contributed by atoms with E-state index in [2.05, 4.69) is 0 Å². The molecule has 5 heteroatoms. The molecular weight excluding hydrogens is 248 g/mol. The van der Waals surface area contributed by atoms with Crippen LogP contribution >= 0.6 is 0 Å². The summed E-state index contributed by atoms with van der Waals surface area (Å²) in [6.45, 7) is 3.25. The Balaban J connectivity index is 2.12. The summed E-state index contributed by atoms with van der Waals surface area (Å²) in [5, 5.41) is 0. The highest BCUT2D eigenvalue weighted by atomic mass is 16.5. The van der Waals surface area contributed by atoms with Crippen molar-refractivity contribution in [3.8, 4) is 0 Å². The predicted octanol–water partition coefficient (Wildman–Crippen LogP) is 1.48. The predicted molar refractivity (Wildman–Crippen MR) is 67.7 cm³/mol. The number of carbonyl (C=O) groups is 2. The highest BCUT2D eigenvalue weighted by Crippen LogP contribution is 2.35. The Morgan fingerprint density at radius 3 is 2.89 bits per heavy atom. The minimum Gasteiger partial charge on any atom is -0.465 e. The highest BCUT2D eigenvalue weighted by Gasteiger charge is 2.50. The molecule has 0 radical (unpaired) electrons. The van der Waals surface area contributed by atoms with E-state index in [1.165, 1.54) is 0 Å². The van der Waals surface area contributed by atoms with Gasteiger partial charge in [-0.15, -0.1) is 0 Å². The van der Waals surface area contributed by atoms with Crippen LogP contribution in [0.25, 0.3) is 0 Å². The Labute approximate surface area is 113 Å². The first-order valence-electron chi connectivity index (χ1n) is 7.09. The van der Waals surface area contributed by atoms with Gasteiger partial charge in [-0.05, 0) is 32.6 Å². The summed E-state index contributed by atoms with van der Waals surface area (Å²) in [5.74, 6) is -0.514. The maximum Gasteiger partial charge on any atom is 0.322 e. The van der Waals surface area contributed by atoms with Crippen LogP contribution in [0.3, 0.4) is 0 Å². The van der Waals surface area contributed by atoms with E-state index in [9.17, 15) is 9.59 Å². The third-order valence-electron chi connectivity index (χ3n) is 3.87. The molecule has 0 N–H and O–H groups in total. The zero-order chi connectivity index (χ0) is 13.7. The molecule has 0 aromatic rings. The fourth-order valence-electron chi connectivity index (χ4n) is 2.79. The second-order valence-electron chi connectivity index (χ2n) is 5.22. The number of rotatable bonds is 4. The quantitative estimate of drug-likeness (QED) is 0.572. The van der Waals surface area contributed by atoms with Crippen LogP contribution in [0.1, 0.15) is 39.0 Å². The lowest BCUT2D eigenvalue weighted by Gasteiger charge is -2.36. The first-order chi connectivity index (χ1) is 9.19. The molecule has 2 saturated heterocycles. The molecule has 2 atom stereocenters. The summed E-state index contributed by atoms with van der Waals surface area (Å²) in [7, 11) is 0. The van der Waals surface area contributed by atoms with Gasteiger partial charge in [-0.25, -0.2) is 0 Å². The van der Waals surface area contributed by atoms with Gasteiger partial charge in [0.05, 0.1) is 25.9 Å². The van der Waals surface area contributed by atoms with E-state index in [4.69, 9.17) is 14.2 Å². The lowest BCUT2D eigenvalue weighted by molar-refractivity contribution is -0.173. The molecule has 0 aromatic carbocycles. The van der Waals surface area contributed by atoms with Crippen LogP contribution in [0.4, 0.5) is 0 Å². The van der Waals surface area contributed by atoms with Gasteiger partial charge in [0, 0.05) is 13.0 Å². The molecular formula is C14H22O5. The van der Waals surface area contributed by atoms with Crippen molar-refractivity contribution in [1.82, 2.24) is 0 Å². The number of hydrogen-bond donors (Lipinski definition) is 0. The van der Waals surface area contributed by atoms with Gasteiger partial charge in [0.15, 0.2) is 11.2 Å². The maximum absolute atomic E-state index is 12.3. The zero-order valence-electron chi connectivity index (χ0n) is 11.5. The van der Waals surface area contributed by atoms with E-state index >= 15 is 0 Å². The molecule has 19 heavy (non-hydrogen) atoms. The summed E-state index contributed by atoms with van der Waals surface area (Å²) in [5.41, 5.74) is -1.14. The molecule has 2 aliphatic rings. The van der Waals surface area contributed by atoms with E-state index in [0.717, 1.165) is 19.3 Å². The highest BCUT2D eigenvalue weighted by molar-refractivity contribution is 6.04. The van der Waals surface area contributed by atoms with Crippen molar-refractivity contribution < 1.29 is 23.8 Å². The molecule has 0 spiro atoms. The van der Waals surface area contributed by atoms with E-state index < -0.39 is 11.4 Å². The monoisotopic (exact) mass is 270 g/mol. The second kappa shape index (κ2) is 6.48. The van der Waals surface area contributed by atoms with Gasteiger partial charge in [0.1, 0.15) is 0 Å². The van der Waals surface area contributed by atoms with Crippen molar-refractivity contribution in [2.75, 3.05) is 26.4 Å². The van der Waals surface area contributed by atoms with Gasteiger partial charge >= 0.3 is 5.97 Å². The molecule has 108 valence electrons. The average Bonchev–Trinajstić information content (AvgIpc) is 2.43. The smallest absolute Gasteiger partial charge is 0.322 e. The van der Waals surface area contributed by atoms with Crippen LogP contribution in [0.2, 0.25) is 0 Å². The van der Waals surface area contributed by atoms with E-state index in [1.54, 1.807) is 6.92 Å². The number of esters is 1. The molecule has 2 unspecified atom stereocenters. The van der Waals surface area contributed by atoms with E-state index in [0.29, 0.717) is 19.6 Å². The van der Waals surface area contributed by atoms with Crippen molar-refractivity contribution in [3.05, 3.63) is 0 Å². The summed E-state index contributed by atoms with van der Waals surface area (Å²) >= 11 is 0. The van der Waals surface area contributed by atoms with E-state index in [-0.39, 0.29) is 31.5 Å². The van der Waals surface area contributed by atoms with Crippen molar-refractivity contribution >= 4 is 11.8 Å². The Morgan fingerprint density at radius 2 is 2.26 bits per heavy atom. The number of Topliss-reactive ketones (excluding diaryl/α,β-unsaturated/α-hetero) is 1. The summed E-state index contributed by atoms with van der Waals surface area (Å²) in [4.78, 5) is 24.5. The van der Waals surface area contributed by atoms with Gasteiger partial charge < -0.3 is 14.2 Å². The van der Waals surface area contributed by atoms with Gasteiger partial charge in [-0.2, -0.15) is 0 Å². The minimum absolute atomic E-state index is 0.0381. The van der Waals surface area contributed by atoms with Crippen molar-refractivity contribution in [3.63, 3.8) is 0 Å². The molecule has 0 aliphatic carbocycles. The van der Waals surface area contributed by atoms with Crippen LogP contribution in [-0.4, -0.2) is 44.3 Å². The molecule has 5 nitrogen and oxygen atoms in total. The third kappa shape index (κ3) is 3.15. The molecule has 2 aliphatic heterocycles. The summed E-state index contributed by atoms with van der Waals surface area (Å²) in [6.07, 6.45) is 3.67. The molecule has 0 saturated carbocycles. The zero-order valence-corrected chi connectivity index (χ0v) is 11.5. The minimum atomic E-state index is -1.14. The van der Waals surface area contributed by atoms with Gasteiger partial charge in [-0.3, -0.25) is 9.59 Å². The number of hydrogen-bond acceptors (Lipinski definition) is 5. The van der Waals surface area contributed by atoms with Crippen LogP contribution < -0.4 is 0 Å². The Morgan fingerprint density at radius 1 is 1.42 bits per heavy atom. The molecule has 0 bridgehead atoms. The Bertz CT molecular complexity index is 335. The van der Waals surface area contributed by atoms with Crippen molar-refractivity contribution in [2.45, 2.75) is 45.1 Å². The number of ketones is 1. The summed E-state index contributed by atoms with van der Waals surface area (Å²) in [6, 6.07) is 0. The molecule has 2 heterocycles.